The van der Waals surface area contributed by atoms with Crippen molar-refractivity contribution in [2.24, 2.45) is 5.73 Å². The lowest BCUT2D eigenvalue weighted by Gasteiger charge is -2.27. The summed E-state index contributed by atoms with van der Waals surface area (Å²) in [6.45, 7) is 3.04. The van der Waals surface area contributed by atoms with Gasteiger partial charge in [0.15, 0.2) is 12.1 Å². The van der Waals surface area contributed by atoms with Gasteiger partial charge in [-0.25, -0.2) is 4.39 Å². The predicted molar refractivity (Wildman–Crippen MR) is 146 cm³/mol. The lowest BCUT2D eigenvalue weighted by molar-refractivity contribution is -0.111. The molecule has 9 heteroatoms. The molecule has 196 valence electrons. The van der Waals surface area contributed by atoms with E-state index in [-0.39, 0.29) is 17.2 Å². The number of carbonyl (C=O) groups is 1. The van der Waals surface area contributed by atoms with Gasteiger partial charge in [0.05, 0.1) is 11.0 Å². The fourth-order valence-electron chi connectivity index (χ4n) is 4.75. The van der Waals surface area contributed by atoms with Crippen molar-refractivity contribution in [3.8, 4) is 11.1 Å². The Morgan fingerprint density at radius 2 is 1.56 bits per heavy atom. The Kier molecular flexibility index (Phi) is 6.78. The zero-order valence-electron chi connectivity index (χ0n) is 21.3. The van der Waals surface area contributed by atoms with E-state index in [0.717, 1.165) is 0 Å². The molecule has 0 radical (unpaired) electrons. The van der Waals surface area contributed by atoms with Crippen molar-refractivity contribution >= 4 is 22.4 Å². The van der Waals surface area contributed by atoms with E-state index in [1.807, 2.05) is 0 Å². The summed E-state index contributed by atoms with van der Waals surface area (Å²) in [6, 6.07) is 18.2. The Balaban J connectivity index is 1.86. The minimum Gasteiger partial charge on any atom is -0.402 e. The number of benzene rings is 1. The molecule has 0 aliphatic carbocycles. The van der Waals surface area contributed by atoms with Crippen LogP contribution in [0.2, 0.25) is 0 Å². The summed E-state index contributed by atoms with van der Waals surface area (Å²) in [6.07, 6.45) is 4.56. The van der Waals surface area contributed by atoms with Crippen molar-refractivity contribution < 1.29 is 19.4 Å². The van der Waals surface area contributed by atoms with Gasteiger partial charge in [-0.1, -0.05) is 36.4 Å². The third-order valence-corrected chi connectivity index (χ3v) is 6.54. The molecule has 4 heterocycles. The van der Waals surface area contributed by atoms with Crippen LogP contribution in [0.15, 0.2) is 97.2 Å². The van der Waals surface area contributed by atoms with Gasteiger partial charge >= 0.3 is 0 Å². The lowest BCUT2D eigenvalue weighted by Crippen LogP contribution is -2.33. The van der Waals surface area contributed by atoms with Gasteiger partial charge in [0.25, 0.3) is 5.79 Å². The van der Waals surface area contributed by atoms with Crippen molar-refractivity contribution in [1.29, 1.82) is 0 Å². The van der Waals surface area contributed by atoms with Gasteiger partial charge in [0.2, 0.25) is 0 Å². The molecule has 0 bridgehead atoms. The Morgan fingerprint density at radius 1 is 0.949 bits per heavy atom. The van der Waals surface area contributed by atoms with Crippen LogP contribution in [-0.2, 0) is 10.6 Å². The molecular weight excluding hydrogens is 497 g/mol. The fourth-order valence-corrected chi connectivity index (χ4v) is 4.75. The average molecular weight is 524 g/mol. The summed E-state index contributed by atoms with van der Waals surface area (Å²) in [5.74, 6) is -2.59. The summed E-state index contributed by atoms with van der Waals surface area (Å²) in [4.78, 5) is 25.8. The van der Waals surface area contributed by atoms with Crippen LogP contribution in [0.25, 0.3) is 27.7 Å². The van der Waals surface area contributed by atoms with Crippen molar-refractivity contribution in [3.63, 3.8) is 0 Å². The number of hydrogen-bond donors (Lipinski definition) is 3. The molecule has 5 rings (SSSR count). The molecule has 4 aromatic heterocycles. The van der Waals surface area contributed by atoms with Crippen LogP contribution in [0.1, 0.15) is 42.7 Å². The van der Waals surface area contributed by atoms with Gasteiger partial charge in [0, 0.05) is 52.7 Å². The molecule has 39 heavy (non-hydrogen) atoms. The highest BCUT2D eigenvalue weighted by atomic mass is 19.1. The highest BCUT2D eigenvalue weighted by Gasteiger charge is 2.41. The standard InChI is InChI=1S/C30H26FN5O3/c1-18(32)27(19(2)37)22-15-24-28(35-16-22)23(20-9-11-21(12-10-20)29(38)39)17-36(24)30(31,25-7-3-5-13-33-25)26-8-4-6-14-34-26/h3-17,29,38-39H,32H2,1-2H3. The maximum Gasteiger partial charge on any atom is 0.272 e. The topological polar surface area (TPSA) is 127 Å². The molecular formula is C30H26FN5O3. The highest BCUT2D eigenvalue weighted by molar-refractivity contribution is 6.20. The maximum atomic E-state index is 17.7. The van der Waals surface area contributed by atoms with Crippen molar-refractivity contribution in [1.82, 2.24) is 19.5 Å². The summed E-state index contributed by atoms with van der Waals surface area (Å²) in [7, 11) is 0. The van der Waals surface area contributed by atoms with Gasteiger partial charge in [-0.2, -0.15) is 0 Å². The number of pyridine rings is 3. The Morgan fingerprint density at radius 3 is 2.05 bits per heavy atom. The van der Waals surface area contributed by atoms with Gasteiger partial charge in [-0.15, -0.1) is 0 Å². The summed E-state index contributed by atoms with van der Waals surface area (Å²) in [5.41, 5.74) is 9.73. The first-order valence-corrected chi connectivity index (χ1v) is 12.2. The molecule has 5 aromatic rings. The van der Waals surface area contributed by atoms with Crippen molar-refractivity contribution in [2.75, 3.05) is 0 Å². The van der Waals surface area contributed by atoms with E-state index in [2.05, 4.69) is 15.0 Å². The Bertz CT molecular complexity index is 1640. The number of rotatable bonds is 7. The number of aromatic nitrogens is 4. The van der Waals surface area contributed by atoms with E-state index >= 15 is 4.39 Å². The van der Waals surface area contributed by atoms with Crippen LogP contribution >= 0.6 is 0 Å². The largest absolute Gasteiger partial charge is 0.402 e. The molecule has 1 aromatic carbocycles. The molecule has 8 nitrogen and oxygen atoms in total. The third-order valence-electron chi connectivity index (χ3n) is 6.54. The zero-order valence-corrected chi connectivity index (χ0v) is 21.3. The van der Waals surface area contributed by atoms with Gasteiger partial charge in [0.1, 0.15) is 11.4 Å². The summed E-state index contributed by atoms with van der Waals surface area (Å²) >= 11 is 0. The number of nitrogens with zero attached hydrogens (tertiary/aromatic N) is 4. The van der Waals surface area contributed by atoms with Crippen molar-refractivity contribution in [3.05, 3.63) is 120 Å². The molecule has 4 N–H and O–H groups in total. The number of halogens is 1. The van der Waals surface area contributed by atoms with Crippen LogP contribution in [0.3, 0.4) is 0 Å². The number of fused-ring (bicyclic) bond motifs is 1. The second-order valence-corrected chi connectivity index (χ2v) is 9.17. The molecule has 0 amide bonds. The van der Waals surface area contributed by atoms with E-state index in [9.17, 15) is 15.0 Å². The summed E-state index contributed by atoms with van der Waals surface area (Å²) < 4.78 is 19.1. The third kappa shape index (κ3) is 4.58. The van der Waals surface area contributed by atoms with Crippen molar-refractivity contribution in [2.45, 2.75) is 25.9 Å². The van der Waals surface area contributed by atoms with Crippen LogP contribution in [0, 0.1) is 0 Å². The quantitative estimate of drug-likeness (QED) is 0.212. The Labute approximate surface area is 223 Å². The van der Waals surface area contributed by atoms with Crippen LogP contribution in [0.4, 0.5) is 4.39 Å². The fraction of sp³-hybridized carbons (Fsp3) is 0.133. The van der Waals surface area contributed by atoms with E-state index in [0.29, 0.717) is 44.6 Å². The molecule has 0 aliphatic heterocycles. The van der Waals surface area contributed by atoms with Gasteiger partial charge in [-0.05, 0) is 49.7 Å². The zero-order chi connectivity index (χ0) is 27.7. The molecule has 0 fully saturated rings. The number of ketones is 1. The minimum absolute atomic E-state index is 0.105. The molecule has 0 spiro atoms. The number of aliphatic hydroxyl groups excluding tert-OH is 1. The number of alkyl halides is 1. The maximum absolute atomic E-state index is 17.7. The SMILES string of the molecule is CC(=O)C(=C(C)N)c1cnc2c(-c3ccc(C(O)O)cc3)cn(C(F)(c3ccccn3)c3ccccn3)c2c1. The smallest absolute Gasteiger partial charge is 0.272 e. The number of hydrogen-bond acceptors (Lipinski definition) is 7. The van der Waals surface area contributed by atoms with Crippen LogP contribution in [-0.4, -0.2) is 35.5 Å². The summed E-state index contributed by atoms with van der Waals surface area (Å²) in [5, 5.41) is 19.1. The van der Waals surface area contributed by atoms with E-state index in [4.69, 9.17) is 5.73 Å². The van der Waals surface area contributed by atoms with Gasteiger partial charge < -0.3 is 20.5 Å². The monoisotopic (exact) mass is 523 g/mol. The first-order valence-electron chi connectivity index (χ1n) is 12.2. The second-order valence-electron chi connectivity index (χ2n) is 9.17. The highest BCUT2D eigenvalue weighted by Crippen LogP contribution is 2.41. The average Bonchev–Trinajstić information content (AvgIpc) is 3.32. The first-order chi connectivity index (χ1) is 18.7. The molecule has 0 unspecified atom stereocenters. The molecule has 0 aliphatic rings. The predicted octanol–water partition coefficient (Wildman–Crippen LogP) is 4.47. The van der Waals surface area contributed by atoms with E-state index in [1.54, 1.807) is 79.9 Å². The van der Waals surface area contributed by atoms with E-state index < -0.39 is 12.1 Å². The van der Waals surface area contributed by atoms with E-state index in [1.165, 1.54) is 30.1 Å². The number of carbonyl (C=O) groups excluding carboxylic acids is 1. The minimum atomic E-state index is -2.35. The first kappa shape index (κ1) is 25.9. The van der Waals surface area contributed by atoms with Crippen LogP contribution in [0.5, 0.6) is 0 Å². The number of nitrogens with two attached hydrogens (primary N) is 1. The number of aliphatic hydroxyl groups is 2. The number of allylic oxidation sites excluding steroid dienone is 2. The molecule has 0 atom stereocenters. The van der Waals surface area contributed by atoms with Gasteiger partial charge in [-0.3, -0.25) is 19.7 Å². The molecule has 0 saturated carbocycles. The second kappa shape index (κ2) is 10.2. The molecule has 0 saturated heterocycles. The normalized spacial score (nSPS) is 12.6. The lowest BCUT2D eigenvalue weighted by atomic mass is 10.0. The Hall–Kier alpha value is -4.73. The number of Topliss-reactive ketones (excluding diaryl/α,β-unsaturated/α-hetero) is 1. The van der Waals surface area contributed by atoms with Crippen LogP contribution < -0.4 is 5.73 Å².